The van der Waals surface area contributed by atoms with Gasteiger partial charge in [0.15, 0.2) is 0 Å². The molecule has 0 aromatic carbocycles. The third kappa shape index (κ3) is 2.89. The number of hydrogen-bond acceptors (Lipinski definition) is 3. The molecule has 0 aliphatic carbocycles. The van der Waals surface area contributed by atoms with Gasteiger partial charge < -0.3 is 4.90 Å². The van der Waals surface area contributed by atoms with Crippen molar-refractivity contribution in [1.29, 1.82) is 0 Å². The molecule has 1 saturated heterocycles. The predicted molar refractivity (Wildman–Crippen MR) is 71.8 cm³/mol. The second kappa shape index (κ2) is 5.67. The first-order valence-electron chi connectivity index (χ1n) is 6.35. The highest BCUT2D eigenvalue weighted by molar-refractivity contribution is 6.17. The van der Waals surface area contributed by atoms with E-state index < -0.39 is 0 Å². The molecule has 0 N–H and O–H groups in total. The average Bonchev–Trinajstić information content (AvgIpc) is 2.78. The summed E-state index contributed by atoms with van der Waals surface area (Å²) in [5, 5.41) is 0. The SMILES string of the molecule is Cc1ncc(N2CCCC2CCCCl)nc1C. The van der Waals surface area contributed by atoms with Crippen LogP contribution in [0.1, 0.15) is 37.1 Å². The van der Waals surface area contributed by atoms with Crippen LogP contribution in [0.2, 0.25) is 0 Å². The van der Waals surface area contributed by atoms with E-state index in [1.807, 2.05) is 20.0 Å². The summed E-state index contributed by atoms with van der Waals surface area (Å²) in [6.07, 6.45) is 6.66. The Morgan fingerprint density at radius 3 is 2.94 bits per heavy atom. The Bertz CT molecular complexity index is 381. The molecule has 0 saturated carbocycles. The highest BCUT2D eigenvalue weighted by Crippen LogP contribution is 2.26. The van der Waals surface area contributed by atoms with E-state index in [9.17, 15) is 0 Å². The number of nitrogens with zero attached hydrogens (tertiary/aromatic N) is 3. The topological polar surface area (TPSA) is 29.0 Å². The zero-order valence-electron chi connectivity index (χ0n) is 10.6. The minimum atomic E-state index is 0.602. The Labute approximate surface area is 108 Å². The first kappa shape index (κ1) is 12.6. The van der Waals surface area contributed by atoms with E-state index in [1.54, 1.807) is 0 Å². The number of aryl methyl sites for hydroxylation is 2. The van der Waals surface area contributed by atoms with Gasteiger partial charge in [-0.2, -0.15) is 0 Å². The zero-order valence-corrected chi connectivity index (χ0v) is 11.4. The van der Waals surface area contributed by atoms with E-state index in [1.165, 1.54) is 12.8 Å². The molecule has 94 valence electrons. The molecule has 0 bridgehead atoms. The number of halogens is 1. The smallest absolute Gasteiger partial charge is 0.147 e. The van der Waals surface area contributed by atoms with Crippen molar-refractivity contribution in [3.05, 3.63) is 17.6 Å². The van der Waals surface area contributed by atoms with Crippen LogP contribution in [0, 0.1) is 13.8 Å². The summed E-state index contributed by atoms with van der Waals surface area (Å²) < 4.78 is 0. The van der Waals surface area contributed by atoms with Gasteiger partial charge in [0.25, 0.3) is 0 Å². The van der Waals surface area contributed by atoms with Crippen molar-refractivity contribution >= 4 is 17.4 Å². The molecule has 1 fully saturated rings. The van der Waals surface area contributed by atoms with Gasteiger partial charge in [-0.15, -0.1) is 11.6 Å². The zero-order chi connectivity index (χ0) is 12.3. The molecule has 0 spiro atoms. The first-order chi connectivity index (χ1) is 8.22. The summed E-state index contributed by atoms with van der Waals surface area (Å²) in [4.78, 5) is 11.4. The molecule has 1 aliphatic heterocycles. The van der Waals surface area contributed by atoms with E-state index in [4.69, 9.17) is 11.6 Å². The number of alkyl halides is 1. The Morgan fingerprint density at radius 2 is 2.24 bits per heavy atom. The number of hydrogen-bond donors (Lipinski definition) is 0. The molecule has 1 atom stereocenters. The van der Waals surface area contributed by atoms with Crippen LogP contribution in [0.3, 0.4) is 0 Å². The Hall–Kier alpha value is -0.830. The highest BCUT2D eigenvalue weighted by Gasteiger charge is 2.25. The van der Waals surface area contributed by atoms with Gasteiger partial charge in [0.2, 0.25) is 0 Å². The molecule has 4 heteroatoms. The van der Waals surface area contributed by atoms with Gasteiger partial charge in [-0.25, -0.2) is 4.98 Å². The van der Waals surface area contributed by atoms with Crippen molar-refractivity contribution in [2.75, 3.05) is 17.3 Å². The fraction of sp³-hybridized carbons (Fsp3) is 0.692. The van der Waals surface area contributed by atoms with Crippen molar-refractivity contribution in [2.24, 2.45) is 0 Å². The van der Waals surface area contributed by atoms with Crippen LogP contribution >= 0.6 is 11.6 Å². The van der Waals surface area contributed by atoms with Crippen LogP contribution in [0.25, 0.3) is 0 Å². The van der Waals surface area contributed by atoms with Gasteiger partial charge >= 0.3 is 0 Å². The molecule has 3 nitrogen and oxygen atoms in total. The van der Waals surface area contributed by atoms with Crippen LogP contribution in [0.15, 0.2) is 6.20 Å². The van der Waals surface area contributed by atoms with Gasteiger partial charge in [-0.05, 0) is 39.5 Å². The Morgan fingerprint density at radius 1 is 1.41 bits per heavy atom. The summed E-state index contributed by atoms with van der Waals surface area (Å²) in [5.41, 5.74) is 2.05. The van der Waals surface area contributed by atoms with Crippen LogP contribution in [0.5, 0.6) is 0 Å². The van der Waals surface area contributed by atoms with Crippen LogP contribution in [-0.4, -0.2) is 28.4 Å². The molecule has 2 heterocycles. The van der Waals surface area contributed by atoms with Crippen LogP contribution in [-0.2, 0) is 0 Å². The number of rotatable bonds is 4. The maximum Gasteiger partial charge on any atom is 0.147 e. The van der Waals surface area contributed by atoms with Crippen molar-refractivity contribution < 1.29 is 0 Å². The molecule has 1 aliphatic rings. The maximum absolute atomic E-state index is 5.77. The largest absolute Gasteiger partial charge is 0.352 e. The summed E-state index contributed by atoms with van der Waals surface area (Å²) >= 11 is 5.77. The maximum atomic E-state index is 5.77. The van der Waals surface area contributed by atoms with Crippen molar-refractivity contribution in [2.45, 2.75) is 45.6 Å². The summed E-state index contributed by atoms with van der Waals surface area (Å²) in [6.45, 7) is 5.13. The molecule has 0 amide bonds. The van der Waals surface area contributed by atoms with E-state index in [-0.39, 0.29) is 0 Å². The summed E-state index contributed by atoms with van der Waals surface area (Å²) in [5.74, 6) is 1.79. The molecule has 0 radical (unpaired) electrons. The molecule has 1 aromatic heterocycles. The molecule has 2 rings (SSSR count). The first-order valence-corrected chi connectivity index (χ1v) is 6.88. The van der Waals surface area contributed by atoms with Crippen molar-refractivity contribution in [1.82, 2.24) is 9.97 Å². The standard InChI is InChI=1S/C13H20ClN3/c1-10-11(2)16-13(9-15-10)17-8-4-6-12(17)5-3-7-14/h9,12H,3-8H2,1-2H3. The van der Waals surface area contributed by atoms with E-state index in [2.05, 4.69) is 14.9 Å². The van der Waals surface area contributed by atoms with Crippen LogP contribution < -0.4 is 4.90 Å². The lowest BCUT2D eigenvalue weighted by atomic mass is 10.1. The number of aromatic nitrogens is 2. The fourth-order valence-electron chi connectivity index (χ4n) is 2.42. The normalized spacial score (nSPS) is 19.9. The second-order valence-corrected chi connectivity index (χ2v) is 5.10. The minimum absolute atomic E-state index is 0.602. The molecule has 1 aromatic rings. The van der Waals surface area contributed by atoms with Gasteiger partial charge in [0, 0.05) is 18.5 Å². The summed E-state index contributed by atoms with van der Waals surface area (Å²) in [7, 11) is 0. The molecule has 17 heavy (non-hydrogen) atoms. The molecular weight excluding hydrogens is 234 g/mol. The van der Waals surface area contributed by atoms with Crippen molar-refractivity contribution in [3.8, 4) is 0 Å². The lowest BCUT2D eigenvalue weighted by molar-refractivity contribution is 0.597. The monoisotopic (exact) mass is 253 g/mol. The van der Waals surface area contributed by atoms with E-state index >= 15 is 0 Å². The van der Waals surface area contributed by atoms with Gasteiger partial charge in [0.1, 0.15) is 5.82 Å². The number of anilines is 1. The third-order valence-electron chi connectivity index (χ3n) is 3.52. The molecule has 1 unspecified atom stereocenters. The van der Waals surface area contributed by atoms with Gasteiger partial charge in [0.05, 0.1) is 17.6 Å². The highest BCUT2D eigenvalue weighted by atomic mass is 35.5. The Balaban J connectivity index is 2.11. The lowest BCUT2D eigenvalue weighted by Crippen LogP contribution is -2.30. The minimum Gasteiger partial charge on any atom is -0.352 e. The van der Waals surface area contributed by atoms with E-state index in [0.717, 1.165) is 42.5 Å². The molecular formula is C13H20ClN3. The van der Waals surface area contributed by atoms with E-state index in [0.29, 0.717) is 6.04 Å². The van der Waals surface area contributed by atoms with Gasteiger partial charge in [-0.1, -0.05) is 0 Å². The quantitative estimate of drug-likeness (QED) is 0.773. The lowest BCUT2D eigenvalue weighted by Gasteiger charge is -2.25. The average molecular weight is 254 g/mol. The van der Waals surface area contributed by atoms with Crippen LogP contribution in [0.4, 0.5) is 5.82 Å². The third-order valence-corrected chi connectivity index (χ3v) is 3.79. The van der Waals surface area contributed by atoms with Crippen molar-refractivity contribution in [3.63, 3.8) is 0 Å². The summed E-state index contributed by atoms with van der Waals surface area (Å²) in [6, 6.07) is 0.602. The van der Waals surface area contributed by atoms with Gasteiger partial charge in [-0.3, -0.25) is 4.98 Å². The second-order valence-electron chi connectivity index (χ2n) is 4.72. The fourth-order valence-corrected chi connectivity index (χ4v) is 2.57. The Kier molecular flexibility index (Phi) is 4.21. The predicted octanol–water partition coefficient (Wildman–Crippen LogP) is 3.08.